The van der Waals surface area contributed by atoms with Gasteiger partial charge in [-0.1, -0.05) is 25.3 Å². The van der Waals surface area contributed by atoms with Crippen LogP contribution in [0, 0.1) is 0 Å². The Kier molecular flexibility index (Phi) is 19.8. The average Bonchev–Trinajstić information content (AvgIpc) is 2.25. The topological polar surface area (TPSA) is 27.7 Å². The Morgan fingerprint density at radius 1 is 0.733 bits per heavy atom. The number of hydrogen-bond acceptors (Lipinski definition) is 3. The first-order valence-corrected chi connectivity index (χ1v) is 4.58. The van der Waals surface area contributed by atoms with Gasteiger partial charge in [-0.25, -0.2) is 0 Å². The van der Waals surface area contributed by atoms with E-state index in [0.717, 1.165) is 0 Å². The molecule has 0 rings (SSSR count). The first-order chi connectivity index (χ1) is 7.33. The van der Waals surface area contributed by atoms with Crippen molar-refractivity contribution < 1.29 is 14.2 Å². The van der Waals surface area contributed by atoms with Gasteiger partial charge in [0.15, 0.2) is 0 Å². The lowest BCUT2D eigenvalue weighted by Crippen LogP contribution is -2.03. The van der Waals surface area contributed by atoms with Crippen LogP contribution in [0.5, 0.6) is 0 Å². The van der Waals surface area contributed by atoms with E-state index >= 15 is 0 Å². The third-order valence-electron chi connectivity index (χ3n) is 1.04. The molecule has 0 aromatic carbocycles. The van der Waals surface area contributed by atoms with E-state index in [2.05, 4.69) is 31.1 Å². The molecule has 0 aromatic rings. The molecule has 0 saturated carbocycles. The Morgan fingerprint density at radius 2 is 1.13 bits per heavy atom. The minimum absolute atomic E-state index is 0.595. The second-order valence-electron chi connectivity index (χ2n) is 2.20. The van der Waals surface area contributed by atoms with E-state index in [4.69, 9.17) is 9.47 Å². The summed E-state index contributed by atoms with van der Waals surface area (Å²) in [6.07, 6.45) is 6.06. The molecule has 3 heteroatoms. The van der Waals surface area contributed by atoms with Crippen molar-refractivity contribution in [2.24, 2.45) is 0 Å². The standard InChI is InChI=1S/C8H14O2.C4H6O/c1-3-5-9-7-8-10-6-4-2;1-3-5-4-2/h3-4H,1-2,5-8H2;3-4H,1-2H2. The van der Waals surface area contributed by atoms with Gasteiger partial charge in [-0.15, -0.1) is 13.2 Å². The molecular weight excluding hydrogens is 192 g/mol. The molecule has 0 bridgehead atoms. The lowest BCUT2D eigenvalue weighted by molar-refractivity contribution is 0.0710. The summed E-state index contributed by atoms with van der Waals surface area (Å²) in [5.41, 5.74) is 0. The Hall–Kier alpha value is -1.32. The normalized spacial score (nSPS) is 8.00. The van der Waals surface area contributed by atoms with Gasteiger partial charge in [-0.05, 0) is 0 Å². The Morgan fingerprint density at radius 3 is 1.33 bits per heavy atom. The van der Waals surface area contributed by atoms with E-state index in [1.54, 1.807) is 12.2 Å². The first kappa shape index (κ1) is 16.1. The molecule has 0 aliphatic carbocycles. The van der Waals surface area contributed by atoms with Gasteiger partial charge < -0.3 is 14.2 Å². The first-order valence-electron chi connectivity index (χ1n) is 4.58. The van der Waals surface area contributed by atoms with Crippen LogP contribution >= 0.6 is 0 Å². The second-order valence-corrected chi connectivity index (χ2v) is 2.20. The Bertz CT molecular complexity index is 146. The third kappa shape index (κ3) is 24.5. The summed E-state index contributed by atoms with van der Waals surface area (Å²) in [6, 6.07) is 0. The van der Waals surface area contributed by atoms with Crippen molar-refractivity contribution >= 4 is 0 Å². The molecule has 0 fully saturated rings. The van der Waals surface area contributed by atoms with Gasteiger partial charge >= 0.3 is 0 Å². The van der Waals surface area contributed by atoms with E-state index in [-0.39, 0.29) is 0 Å². The molecule has 0 N–H and O–H groups in total. The van der Waals surface area contributed by atoms with Crippen molar-refractivity contribution in [2.75, 3.05) is 26.4 Å². The van der Waals surface area contributed by atoms with E-state index in [9.17, 15) is 0 Å². The summed E-state index contributed by atoms with van der Waals surface area (Å²) in [6.45, 7) is 16.0. The molecule has 0 atom stereocenters. The van der Waals surface area contributed by atoms with Crippen molar-refractivity contribution in [3.8, 4) is 0 Å². The molecule has 3 nitrogen and oxygen atoms in total. The van der Waals surface area contributed by atoms with E-state index in [0.29, 0.717) is 26.4 Å². The molecule has 0 heterocycles. The van der Waals surface area contributed by atoms with Crippen LogP contribution in [-0.4, -0.2) is 26.4 Å². The molecule has 0 saturated heterocycles. The second kappa shape index (κ2) is 18.5. The summed E-state index contributed by atoms with van der Waals surface area (Å²) in [5, 5.41) is 0. The number of rotatable bonds is 9. The van der Waals surface area contributed by atoms with E-state index in [1.807, 2.05) is 0 Å². The summed E-state index contributed by atoms with van der Waals surface area (Å²) >= 11 is 0. The molecule has 0 radical (unpaired) electrons. The van der Waals surface area contributed by atoms with Crippen LogP contribution in [0.15, 0.2) is 51.0 Å². The molecule has 0 unspecified atom stereocenters. The Labute approximate surface area is 92.3 Å². The zero-order valence-corrected chi connectivity index (χ0v) is 9.19. The average molecular weight is 212 g/mol. The molecule has 0 spiro atoms. The van der Waals surface area contributed by atoms with Gasteiger partial charge in [-0.3, -0.25) is 0 Å². The highest BCUT2D eigenvalue weighted by atomic mass is 16.5. The van der Waals surface area contributed by atoms with Gasteiger partial charge in [0.1, 0.15) is 0 Å². The number of ether oxygens (including phenoxy) is 3. The van der Waals surface area contributed by atoms with Crippen molar-refractivity contribution in [2.45, 2.75) is 0 Å². The lowest BCUT2D eigenvalue weighted by atomic mass is 10.6. The van der Waals surface area contributed by atoms with Gasteiger partial charge in [0.2, 0.25) is 0 Å². The zero-order chi connectivity index (χ0) is 11.8. The molecule has 0 aliphatic heterocycles. The van der Waals surface area contributed by atoms with Crippen molar-refractivity contribution in [1.82, 2.24) is 0 Å². The van der Waals surface area contributed by atoms with Crippen molar-refractivity contribution in [3.05, 3.63) is 51.0 Å². The fourth-order valence-corrected chi connectivity index (χ4v) is 0.519. The largest absolute Gasteiger partial charge is 0.474 e. The van der Waals surface area contributed by atoms with Crippen LogP contribution in [0.3, 0.4) is 0 Å². The summed E-state index contributed by atoms with van der Waals surface area (Å²) < 4.78 is 14.5. The minimum Gasteiger partial charge on any atom is -0.474 e. The van der Waals surface area contributed by atoms with E-state index < -0.39 is 0 Å². The fourth-order valence-electron chi connectivity index (χ4n) is 0.519. The van der Waals surface area contributed by atoms with Crippen LogP contribution in [0.1, 0.15) is 0 Å². The smallest absolute Gasteiger partial charge is 0.0829 e. The fraction of sp³-hybridized carbons (Fsp3) is 0.333. The maximum Gasteiger partial charge on any atom is 0.0829 e. The van der Waals surface area contributed by atoms with Crippen molar-refractivity contribution in [1.29, 1.82) is 0 Å². The summed E-state index contributed by atoms with van der Waals surface area (Å²) in [4.78, 5) is 0. The van der Waals surface area contributed by atoms with Crippen molar-refractivity contribution in [3.63, 3.8) is 0 Å². The van der Waals surface area contributed by atoms with Crippen LogP contribution < -0.4 is 0 Å². The summed E-state index contributed by atoms with van der Waals surface area (Å²) in [7, 11) is 0. The van der Waals surface area contributed by atoms with Crippen LogP contribution in [-0.2, 0) is 14.2 Å². The predicted octanol–water partition coefficient (Wildman–Crippen LogP) is 2.68. The lowest BCUT2D eigenvalue weighted by Gasteiger charge is -2.00. The quantitative estimate of drug-likeness (QED) is 0.334. The molecule has 0 aliphatic rings. The number of hydrogen-bond donors (Lipinski definition) is 0. The minimum atomic E-state index is 0.595. The van der Waals surface area contributed by atoms with Gasteiger partial charge in [0.05, 0.1) is 39.0 Å². The maximum atomic E-state index is 5.05. The van der Waals surface area contributed by atoms with E-state index in [1.165, 1.54) is 12.5 Å². The molecular formula is C12H20O3. The SMILES string of the molecule is C=CCOCCOCC=C.C=COC=C. The highest BCUT2D eigenvalue weighted by molar-refractivity contribution is 4.64. The monoisotopic (exact) mass is 212 g/mol. The Balaban J connectivity index is 0. The maximum absolute atomic E-state index is 5.05. The molecule has 86 valence electrons. The predicted molar refractivity (Wildman–Crippen MR) is 63.5 cm³/mol. The van der Waals surface area contributed by atoms with Crippen LogP contribution in [0.2, 0.25) is 0 Å². The zero-order valence-electron chi connectivity index (χ0n) is 9.19. The van der Waals surface area contributed by atoms with Gasteiger partial charge in [0.25, 0.3) is 0 Å². The molecule has 0 aromatic heterocycles. The molecule has 0 amide bonds. The van der Waals surface area contributed by atoms with Gasteiger partial charge in [0, 0.05) is 0 Å². The van der Waals surface area contributed by atoms with Gasteiger partial charge in [-0.2, -0.15) is 0 Å². The summed E-state index contributed by atoms with van der Waals surface area (Å²) in [5.74, 6) is 0. The highest BCUT2D eigenvalue weighted by Gasteiger charge is 1.83. The highest BCUT2D eigenvalue weighted by Crippen LogP contribution is 1.78. The van der Waals surface area contributed by atoms with Crippen LogP contribution in [0.4, 0.5) is 0 Å². The van der Waals surface area contributed by atoms with Crippen LogP contribution in [0.25, 0.3) is 0 Å². The molecule has 15 heavy (non-hydrogen) atoms. The third-order valence-corrected chi connectivity index (χ3v) is 1.04.